The van der Waals surface area contributed by atoms with Gasteiger partial charge in [0, 0.05) is 3.57 Å². The van der Waals surface area contributed by atoms with E-state index in [1.54, 1.807) is 28.4 Å². The fourth-order valence-electron chi connectivity index (χ4n) is 2.16. The Morgan fingerprint density at radius 3 is 1.82 bits per heavy atom. The van der Waals surface area contributed by atoms with Crippen LogP contribution in [0, 0.1) is 3.57 Å². The zero-order valence-corrected chi connectivity index (χ0v) is 18.8. The molecule has 0 atom stereocenters. The van der Waals surface area contributed by atoms with Gasteiger partial charge in [-0.25, -0.2) is 4.57 Å². The SMILES string of the molecule is COc1ccc(I)c(/C=C\c2cc(OC)c(OC)c(OC)c2)c1.O=P(O)(O)O. The molecule has 8 nitrogen and oxygen atoms in total. The fraction of sp³-hybridized carbons (Fsp3) is 0.222. The lowest BCUT2D eigenvalue weighted by atomic mass is 10.1. The molecule has 2 aromatic rings. The highest BCUT2D eigenvalue weighted by Gasteiger charge is 2.12. The predicted molar refractivity (Wildman–Crippen MR) is 115 cm³/mol. The van der Waals surface area contributed by atoms with E-state index in [0.717, 1.165) is 20.4 Å². The van der Waals surface area contributed by atoms with Crippen LogP contribution < -0.4 is 18.9 Å². The first-order valence-electron chi connectivity index (χ1n) is 7.72. The monoisotopic (exact) mass is 524 g/mol. The molecule has 0 radical (unpaired) electrons. The molecule has 0 bridgehead atoms. The Hall–Kier alpha value is -1.78. The van der Waals surface area contributed by atoms with E-state index in [0.29, 0.717) is 17.2 Å². The van der Waals surface area contributed by atoms with Crippen molar-refractivity contribution in [3.8, 4) is 23.0 Å². The van der Waals surface area contributed by atoms with Crippen LogP contribution >= 0.6 is 30.4 Å². The molecule has 0 heterocycles. The number of ether oxygens (including phenoxy) is 4. The van der Waals surface area contributed by atoms with Crippen molar-refractivity contribution in [3.05, 3.63) is 45.0 Å². The summed E-state index contributed by atoms with van der Waals surface area (Å²) >= 11 is 2.30. The molecule has 0 spiro atoms. The third-order valence-electron chi connectivity index (χ3n) is 3.35. The van der Waals surface area contributed by atoms with Gasteiger partial charge >= 0.3 is 7.82 Å². The molecule has 28 heavy (non-hydrogen) atoms. The predicted octanol–water partition coefficient (Wildman–Crippen LogP) is 3.57. The number of halogens is 1. The molecule has 0 saturated carbocycles. The third kappa shape index (κ3) is 8.07. The molecule has 0 unspecified atom stereocenters. The summed E-state index contributed by atoms with van der Waals surface area (Å²) in [4.78, 5) is 21.6. The van der Waals surface area contributed by atoms with Crippen LogP contribution in [-0.4, -0.2) is 43.1 Å². The molecule has 0 aliphatic carbocycles. The van der Waals surface area contributed by atoms with Crippen molar-refractivity contribution in [2.75, 3.05) is 28.4 Å². The first-order valence-corrected chi connectivity index (χ1v) is 10.4. The van der Waals surface area contributed by atoms with Crippen molar-refractivity contribution in [2.24, 2.45) is 0 Å². The molecule has 10 heteroatoms. The number of benzene rings is 2. The quantitative estimate of drug-likeness (QED) is 0.299. The molecule has 2 aromatic carbocycles. The highest BCUT2D eigenvalue weighted by Crippen LogP contribution is 2.38. The van der Waals surface area contributed by atoms with Gasteiger partial charge in [0.2, 0.25) is 5.75 Å². The summed E-state index contributed by atoms with van der Waals surface area (Å²) in [6.07, 6.45) is 4.03. The van der Waals surface area contributed by atoms with Crippen LogP contribution in [0.5, 0.6) is 23.0 Å². The van der Waals surface area contributed by atoms with Crippen molar-refractivity contribution in [1.82, 2.24) is 0 Å². The normalized spacial score (nSPS) is 10.9. The van der Waals surface area contributed by atoms with Gasteiger partial charge in [-0.3, -0.25) is 0 Å². The van der Waals surface area contributed by atoms with E-state index < -0.39 is 7.82 Å². The molecule has 0 aromatic heterocycles. The van der Waals surface area contributed by atoms with Gasteiger partial charge < -0.3 is 33.6 Å². The minimum Gasteiger partial charge on any atom is -0.497 e. The second-order valence-corrected chi connectivity index (χ2v) is 7.38. The summed E-state index contributed by atoms with van der Waals surface area (Å²) in [6, 6.07) is 9.78. The first-order chi connectivity index (χ1) is 13.1. The Labute approximate surface area is 177 Å². The topological polar surface area (TPSA) is 115 Å². The van der Waals surface area contributed by atoms with Crippen molar-refractivity contribution < 1.29 is 38.2 Å². The van der Waals surface area contributed by atoms with Crippen LogP contribution in [0.15, 0.2) is 30.3 Å². The van der Waals surface area contributed by atoms with E-state index in [4.69, 9.17) is 38.2 Å². The van der Waals surface area contributed by atoms with E-state index in [9.17, 15) is 0 Å². The van der Waals surface area contributed by atoms with Crippen molar-refractivity contribution in [2.45, 2.75) is 0 Å². The van der Waals surface area contributed by atoms with Crippen LogP contribution in [0.3, 0.4) is 0 Å². The Bertz CT molecular complexity index is 829. The van der Waals surface area contributed by atoms with Gasteiger partial charge in [0.05, 0.1) is 28.4 Å². The molecular weight excluding hydrogens is 502 g/mol. The maximum Gasteiger partial charge on any atom is 0.466 e. The Morgan fingerprint density at radius 2 is 1.39 bits per heavy atom. The summed E-state index contributed by atoms with van der Waals surface area (Å²) in [5, 5.41) is 0. The van der Waals surface area contributed by atoms with E-state index >= 15 is 0 Å². The molecule has 3 N–H and O–H groups in total. The summed E-state index contributed by atoms with van der Waals surface area (Å²) in [7, 11) is 1.83. The molecule has 0 fully saturated rings. The van der Waals surface area contributed by atoms with Gasteiger partial charge in [0.1, 0.15) is 5.75 Å². The smallest absolute Gasteiger partial charge is 0.466 e. The first kappa shape index (κ1) is 24.3. The van der Waals surface area contributed by atoms with E-state index in [1.807, 2.05) is 42.5 Å². The van der Waals surface area contributed by atoms with Gasteiger partial charge in [-0.05, 0) is 64.0 Å². The van der Waals surface area contributed by atoms with Gasteiger partial charge in [-0.15, -0.1) is 0 Å². The second-order valence-electron chi connectivity index (χ2n) is 5.19. The molecule has 154 valence electrons. The van der Waals surface area contributed by atoms with Gasteiger partial charge in [0.25, 0.3) is 0 Å². The number of methoxy groups -OCH3 is 4. The maximum absolute atomic E-state index is 8.88. The molecule has 0 aliphatic heterocycles. The Morgan fingerprint density at radius 1 is 0.857 bits per heavy atom. The average Bonchev–Trinajstić information content (AvgIpc) is 2.65. The Balaban J connectivity index is 0.000000696. The van der Waals surface area contributed by atoms with Crippen LogP contribution in [-0.2, 0) is 4.57 Å². The highest BCUT2D eigenvalue weighted by molar-refractivity contribution is 14.1. The average molecular weight is 524 g/mol. The number of phosphoric acid groups is 1. The van der Waals surface area contributed by atoms with Crippen molar-refractivity contribution in [1.29, 1.82) is 0 Å². The minimum atomic E-state index is -4.64. The molecule has 2 rings (SSSR count). The standard InChI is InChI=1S/C18H19IO4.H3O4P/c1-20-14-7-8-15(19)13(11-14)6-5-12-9-16(21-2)18(23-4)17(10-12)22-3;1-5(2,3)4/h5-11H,1-4H3;(H3,1,2,3,4)/b6-5-;. The second kappa shape index (κ2) is 11.3. The van der Waals surface area contributed by atoms with E-state index in [-0.39, 0.29) is 0 Å². The Kier molecular flexibility index (Phi) is 9.77. The molecule has 0 amide bonds. The van der Waals surface area contributed by atoms with Crippen LogP contribution in [0.2, 0.25) is 0 Å². The third-order valence-corrected chi connectivity index (χ3v) is 4.33. The summed E-state index contributed by atoms with van der Waals surface area (Å²) in [6.45, 7) is 0. The zero-order valence-electron chi connectivity index (χ0n) is 15.7. The molecule has 0 saturated heterocycles. The molecule has 0 aliphatic rings. The van der Waals surface area contributed by atoms with Crippen molar-refractivity contribution in [3.63, 3.8) is 0 Å². The number of hydrogen-bond donors (Lipinski definition) is 3. The fourth-order valence-corrected chi connectivity index (χ4v) is 2.68. The molecular formula is C18H22IO8P. The summed E-state index contributed by atoms with van der Waals surface area (Å²) in [5.41, 5.74) is 2.04. The van der Waals surface area contributed by atoms with Gasteiger partial charge in [0.15, 0.2) is 11.5 Å². The maximum atomic E-state index is 8.88. The van der Waals surface area contributed by atoms with Crippen LogP contribution in [0.1, 0.15) is 11.1 Å². The van der Waals surface area contributed by atoms with Gasteiger partial charge in [-0.2, -0.15) is 0 Å². The lowest BCUT2D eigenvalue weighted by molar-refractivity contribution is 0.275. The summed E-state index contributed by atoms with van der Waals surface area (Å²) in [5.74, 6) is 2.68. The summed E-state index contributed by atoms with van der Waals surface area (Å²) < 4.78 is 31.4. The van der Waals surface area contributed by atoms with Crippen molar-refractivity contribution >= 4 is 42.6 Å². The highest BCUT2D eigenvalue weighted by atomic mass is 127. The van der Waals surface area contributed by atoms with E-state index in [2.05, 4.69) is 22.6 Å². The van der Waals surface area contributed by atoms with Crippen LogP contribution in [0.25, 0.3) is 12.2 Å². The van der Waals surface area contributed by atoms with E-state index in [1.165, 1.54) is 0 Å². The largest absolute Gasteiger partial charge is 0.497 e. The number of rotatable bonds is 6. The number of hydrogen-bond acceptors (Lipinski definition) is 5. The minimum absolute atomic E-state index is 0.586. The van der Waals surface area contributed by atoms with Crippen LogP contribution in [0.4, 0.5) is 0 Å². The van der Waals surface area contributed by atoms with Gasteiger partial charge in [-0.1, -0.05) is 12.2 Å². The lowest BCUT2D eigenvalue weighted by Crippen LogP contribution is -1.95. The zero-order chi connectivity index (χ0) is 21.3. The lowest BCUT2D eigenvalue weighted by Gasteiger charge is -2.12.